The second-order valence-corrected chi connectivity index (χ2v) is 5.60. The van der Waals surface area contributed by atoms with Crippen LogP contribution in [0.2, 0.25) is 0 Å². The van der Waals surface area contributed by atoms with Gasteiger partial charge in [-0.2, -0.15) is 0 Å². The molecule has 1 saturated heterocycles. The van der Waals surface area contributed by atoms with E-state index in [-0.39, 0.29) is 0 Å². The Morgan fingerprint density at radius 2 is 1.94 bits per heavy atom. The van der Waals surface area contributed by atoms with Gasteiger partial charge in [-0.15, -0.1) is 11.6 Å². The van der Waals surface area contributed by atoms with Crippen LogP contribution in [0, 0.1) is 5.41 Å². The molecule has 0 saturated carbocycles. The van der Waals surface area contributed by atoms with Crippen molar-refractivity contribution in [2.75, 3.05) is 18.0 Å². The summed E-state index contributed by atoms with van der Waals surface area (Å²) in [4.78, 5) is 6.64. The highest BCUT2D eigenvalue weighted by atomic mass is 35.5. The molecule has 0 amide bonds. The quantitative estimate of drug-likeness (QED) is 0.759. The van der Waals surface area contributed by atoms with Crippen LogP contribution >= 0.6 is 11.6 Å². The molecule has 0 bridgehead atoms. The highest BCUT2D eigenvalue weighted by Gasteiger charge is 2.31. The Morgan fingerprint density at radius 1 is 1.28 bits per heavy atom. The van der Waals surface area contributed by atoms with E-state index in [1.165, 1.54) is 31.4 Å². The van der Waals surface area contributed by atoms with Gasteiger partial charge in [0.1, 0.15) is 0 Å². The van der Waals surface area contributed by atoms with E-state index < -0.39 is 0 Å². The van der Waals surface area contributed by atoms with Gasteiger partial charge in [-0.1, -0.05) is 26.7 Å². The van der Waals surface area contributed by atoms with Gasteiger partial charge < -0.3 is 4.90 Å². The van der Waals surface area contributed by atoms with Crippen LogP contribution in [0.4, 0.5) is 5.69 Å². The van der Waals surface area contributed by atoms with Gasteiger partial charge in [-0.3, -0.25) is 4.98 Å². The molecule has 0 N–H and O–H groups in total. The van der Waals surface area contributed by atoms with E-state index >= 15 is 0 Å². The van der Waals surface area contributed by atoms with Crippen molar-refractivity contribution in [3.8, 4) is 0 Å². The summed E-state index contributed by atoms with van der Waals surface area (Å²) in [5, 5.41) is 0. The lowest BCUT2D eigenvalue weighted by Gasteiger charge is -2.42. The molecule has 0 radical (unpaired) electrons. The van der Waals surface area contributed by atoms with Crippen LogP contribution in [0.15, 0.2) is 18.5 Å². The predicted octanol–water partition coefficient (Wildman–Crippen LogP) is 4.23. The first-order valence-corrected chi connectivity index (χ1v) is 7.52. The van der Waals surface area contributed by atoms with E-state index in [2.05, 4.69) is 29.8 Å². The number of piperidine rings is 1. The van der Waals surface area contributed by atoms with E-state index in [0.717, 1.165) is 18.7 Å². The second kappa shape index (κ2) is 5.92. The van der Waals surface area contributed by atoms with Crippen LogP contribution in [0.3, 0.4) is 0 Å². The molecule has 1 aromatic heterocycles. The molecule has 1 aromatic rings. The first-order chi connectivity index (χ1) is 8.74. The Hall–Kier alpha value is -0.760. The molecule has 2 nitrogen and oxygen atoms in total. The molecule has 1 aliphatic rings. The number of alkyl halides is 1. The topological polar surface area (TPSA) is 16.1 Å². The molecule has 2 rings (SSSR count). The van der Waals surface area contributed by atoms with Crippen LogP contribution in [-0.2, 0) is 5.88 Å². The van der Waals surface area contributed by atoms with Gasteiger partial charge in [-0.25, -0.2) is 0 Å². The summed E-state index contributed by atoms with van der Waals surface area (Å²) >= 11 is 6.00. The maximum absolute atomic E-state index is 6.00. The summed E-state index contributed by atoms with van der Waals surface area (Å²) in [5.74, 6) is 0.548. The zero-order valence-corrected chi connectivity index (χ0v) is 12.2. The zero-order chi connectivity index (χ0) is 13.0. The smallest absolute Gasteiger partial charge is 0.0509 e. The summed E-state index contributed by atoms with van der Waals surface area (Å²) in [6, 6.07) is 2.10. The third kappa shape index (κ3) is 2.64. The molecule has 18 heavy (non-hydrogen) atoms. The number of anilines is 1. The largest absolute Gasteiger partial charge is 0.371 e. The maximum atomic E-state index is 6.00. The first kappa shape index (κ1) is 13.7. The molecule has 1 fully saturated rings. The number of hydrogen-bond donors (Lipinski definition) is 0. The molecule has 1 aliphatic heterocycles. The Bertz CT molecular complexity index is 378. The van der Waals surface area contributed by atoms with Gasteiger partial charge >= 0.3 is 0 Å². The van der Waals surface area contributed by atoms with Gasteiger partial charge in [0.15, 0.2) is 0 Å². The summed E-state index contributed by atoms with van der Waals surface area (Å²) < 4.78 is 0. The Balaban J connectivity index is 2.10. The summed E-state index contributed by atoms with van der Waals surface area (Å²) in [7, 11) is 0. The first-order valence-electron chi connectivity index (χ1n) is 6.98. The number of nitrogens with zero attached hydrogens (tertiary/aromatic N) is 2. The number of pyridine rings is 1. The third-order valence-corrected chi connectivity index (χ3v) is 4.97. The molecule has 0 aliphatic carbocycles. The van der Waals surface area contributed by atoms with E-state index in [9.17, 15) is 0 Å². The predicted molar refractivity (Wildman–Crippen MR) is 78.3 cm³/mol. The molecule has 2 heterocycles. The normalized spacial score (nSPS) is 18.9. The van der Waals surface area contributed by atoms with Crippen LogP contribution < -0.4 is 4.90 Å². The van der Waals surface area contributed by atoms with Crippen LogP contribution in [0.5, 0.6) is 0 Å². The number of hydrogen-bond acceptors (Lipinski definition) is 2. The van der Waals surface area contributed by atoms with Crippen molar-refractivity contribution in [2.45, 2.75) is 45.4 Å². The highest BCUT2D eigenvalue weighted by Crippen LogP contribution is 2.39. The van der Waals surface area contributed by atoms with E-state index in [0.29, 0.717) is 11.3 Å². The minimum Gasteiger partial charge on any atom is -0.371 e. The van der Waals surface area contributed by atoms with Gasteiger partial charge in [0.25, 0.3) is 0 Å². The van der Waals surface area contributed by atoms with Gasteiger partial charge in [0, 0.05) is 36.7 Å². The standard InChI is InChI=1S/C15H23ClN2/c1-3-15(4-2)6-9-18(10-7-15)14-5-8-17-12-13(14)11-16/h5,8,12H,3-4,6-7,9-11H2,1-2H3. The van der Waals surface area contributed by atoms with Crippen molar-refractivity contribution in [3.63, 3.8) is 0 Å². The molecule has 100 valence electrons. The lowest BCUT2D eigenvalue weighted by Crippen LogP contribution is -2.40. The minimum absolute atomic E-state index is 0.548. The van der Waals surface area contributed by atoms with Crippen molar-refractivity contribution in [2.24, 2.45) is 5.41 Å². The van der Waals surface area contributed by atoms with Crippen LogP contribution in [0.1, 0.15) is 45.1 Å². The van der Waals surface area contributed by atoms with Gasteiger partial charge in [0.05, 0.1) is 5.88 Å². The Labute approximate surface area is 115 Å². The van der Waals surface area contributed by atoms with Crippen molar-refractivity contribution in [3.05, 3.63) is 24.0 Å². The molecular formula is C15H23ClN2. The maximum Gasteiger partial charge on any atom is 0.0509 e. The van der Waals surface area contributed by atoms with Crippen molar-refractivity contribution in [1.82, 2.24) is 4.98 Å². The summed E-state index contributed by atoms with van der Waals surface area (Å²) in [5.41, 5.74) is 3.01. The third-order valence-electron chi connectivity index (χ3n) is 4.69. The fourth-order valence-electron chi connectivity index (χ4n) is 3.01. The highest BCUT2D eigenvalue weighted by molar-refractivity contribution is 6.17. The number of rotatable bonds is 4. The molecule has 0 unspecified atom stereocenters. The van der Waals surface area contributed by atoms with Crippen LogP contribution in [-0.4, -0.2) is 18.1 Å². The van der Waals surface area contributed by atoms with Gasteiger partial charge in [0.2, 0.25) is 0 Å². The van der Waals surface area contributed by atoms with E-state index in [1.54, 1.807) is 0 Å². The fraction of sp³-hybridized carbons (Fsp3) is 0.667. The zero-order valence-electron chi connectivity index (χ0n) is 11.5. The summed E-state index contributed by atoms with van der Waals surface area (Å²) in [6.07, 6.45) is 8.96. The number of aromatic nitrogens is 1. The fourth-order valence-corrected chi connectivity index (χ4v) is 3.22. The molecular weight excluding hydrogens is 244 g/mol. The van der Waals surface area contributed by atoms with Crippen molar-refractivity contribution >= 4 is 17.3 Å². The average Bonchev–Trinajstić information content (AvgIpc) is 2.47. The summed E-state index contributed by atoms with van der Waals surface area (Å²) in [6.45, 7) is 6.96. The number of halogens is 1. The monoisotopic (exact) mass is 266 g/mol. The molecule has 0 spiro atoms. The lowest BCUT2D eigenvalue weighted by molar-refractivity contribution is 0.199. The van der Waals surface area contributed by atoms with Crippen LogP contribution in [0.25, 0.3) is 0 Å². The average molecular weight is 267 g/mol. The van der Waals surface area contributed by atoms with Crippen molar-refractivity contribution < 1.29 is 0 Å². The minimum atomic E-state index is 0.548. The van der Waals surface area contributed by atoms with E-state index in [1.807, 2.05) is 12.4 Å². The molecule has 0 atom stereocenters. The second-order valence-electron chi connectivity index (χ2n) is 5.33. The lowest BCUT2D eigenvalue weighted by atomic mass is 9.74. The Morgan fingerprint density at radius 3 is 2.50 bits per heavy atom. The molecule has 0 aromatic carbocycles. The van der Waals surface area contributed by atoms with Crippen molar-refractivity contribution in [1.29, 1.82) is 0 Å². The SMILES string of the molecule is CCC1(CC)CCN(c2ccncc2CCl)CC1. The molecule has 3 heteroatoms. The van der Waals surface area contributed by atoms with E-state index in [4.69, 9.17) is 11.6 Å². The Kier molecular flexibility index (Phi) is 4.50. The van der Waals surface area contributed by atoms with Gasteiger partial charge in [-0.05, 0) is 24.3 Å².